The van der Waals surface area contributed by atoms with E-state index in [9.17, 15) is 21.6 Å². The van der Waals surface area contributed by atoms with Gasteiger partial charge in [-0.3, -0.25) is 4.98 Å². The third-order valence-corrected chi connectivity index (χ3v) is 3.90. The van der Waals surface area contributed by atoms with Crippen LogP contribution in [0.5, 0.6) is 0 Å². The molecule has 108 valence electrons. The van der Waals surface area contributed by atoms with E-state index >= 15 is 0 Å². The van der Waals surface area contributed by atoms with Crippen LogP contribution in [0.2, 0.25) is 0 Å². The van der Waals surface area contributed by atoms with E-state index in [1.165, 1.54) is 0 Å². The molecule has 0 radical (unpaired) electrons. The third-order valence-electron chi connectivity index (χ3n) is 2.45. The topological polar surface area (TPSA) is 71.1 Å². The minimum absolute atomic E-state index is 0.0228. The van der Waals surface area contributed by atoms with Crippen molar-refractivity contribution in [1.29, 1.82) is 0 Å². The molecule has 5 nitrogen and oxygen atoms in total. The van der Waals surface area contributed by atoms with E-state index in [0.29, 0.717) is 12.3 Å². The van der Waals surface area contributed by atoms with Gasteiger partial charge in [0.25, 0.3) is 0 Å². The summed E-state index contributed by atoms with van der Waals surface area (Å²) >= 11 is 0. The predicted molar refractivity (Wildman–Crippen MR) is 62.9 cm³/mol. The van der Waals surface area contributed by atoms with Gasteiger partial charge in [-0.25, -0.2) is 13.1 Å². The van der Waals surface area contributed by atoms with Crippen molar-refractivity contribution in [2.24, 2.45) is 0 Å². The van der Waals surface area contributed by atoms with Crippen LogP contribution in [0.4, 0.5) is 13.2 Å². The first-order chi connectivity index (χ1) is 8.68. The Balaban J connectivity index is 3.09. The molecule has 0 aliphatic rings. The molecule has 1 heterocycles. The lowest BCUT2D eigenvalue weighted by Gasteiger charge is -2.15. The van der Waals surface area contributed by atoms with Crippen LogP contribution in [0.1, 0.15) is 12.5 Å². The number of sulfonamides is 1. The van der Waals surface area contributed by atoms with Crippen LogP contribution >= 0.6 is 0 Å². The van der Waals surface area contributed by atoms with Crippen molar-refractivity contribution in [1.82, 2.24) is 15.0 Å². The van der Waals surface area contributed by atoms with Gasteiger partial charge in [0.05, 0.1) is 5.56 Å². The molecule has 9 heteroatoms. The van der Waals surface area contributed by atoms with Gasteiger partial charge in [0.2, 0.25) is 10.0 Å². The van der Waals surface area contributed by atoms with E-state index in [0.717, 1.165) is 6.20 Å². The number of rotatable bonds is 5. The van der Waals surface area contributed by atoms with Crippen LogP contribution in [-0.4, -0.2) is 33.0 Å². The fourth-order valence-electron chi connectivity index (χ4n) is 1.24. The van der Waals surface area contributed by atoms with E-state index in [4.69, 9.17) is 0 Å². The van der Waals surface area contributed by atoms with Crippen molar-refractivity contribution in [3.05, 3.63) is 24.0 Å². The molecular weight excluding hydrogens is 283 g/mol. The summed E-state index contributed by atoms with van der Waals surface area (Å²) in [7, 11) is -2.64. The van der Waals surface area contributed by atoms with Gasteiger partial charge in [0.1, 0.15) is 4.90 Å². The van der Waals surface area contributed by atoms with Crippen molar-refractivity contribution in [2.75, 3.05) is 13.6 Å². The average molecular weight is 297 g/mol. The molecule has 2 N–H and O–H groups in total. The molecule has 0 aliphatic carbocycles. The number of alkyl halides is 3. The Morgan fingerprint density at radius 2 is 2.05 bits per heavy atom. The van der Waals surface area contributed by atoms with Crippen molar-refractivity contribution in [3.8, 4) is 0 Å². The summed E-state index contributed by atoms with van der Waals surface area (Å²) in [5, 5.41) is 2.77. The second-order valence-electron chi connectivity index (χ2n) is 3.91. The van der Waals surface area contributed by atoms with Crippen molar-refractivity contribution in [2.45, 2.75) is 24.0 Å². The summed E-state index contributed by atoms with van der Waals surface area (Å²) in [4.78, 5) is 2.57. The quantitative estimate of drug-likeness (QED) is 0.850. The molecule has 0 aromatic carbocycles. The van der Waals surface area contributed by atoms with Gasteiger partial charge >= 0.3 is 6.18 Å². The molecular formula is C10H14F3N3O2S. The molecule has 0 saturated carbocycles. The minimum Gasteiger partial charge on any atom is -0.316 e. The molecule has 1 atom stereocenters. The smallest absolute Gasteiger partial charge is 0.316 e. The van der Waals surface area contributed by atoms with Crippen LogP contribution in [0, 0.1) is 0 Å². The first-order valence-electron chi connectivity index (χ1n) is 5.36. The fraction of sp³-hybridized carbons (Fsp3) is 0.500. The van der Waals surface area contributed by atoms with Gasteiger partial charge in [0, 0.05) is 25.0 Å². The van der Waals surface area contributed by atoms with Crippen LogP contribution in [-0.2, 0) is 16.2 Å². The predicted octanol–water partition coefficient (Wildman–Crippen LogP) is 0.987. The van der Waals surface area contributed by atoms with Gasteiger partial charge in [0.15, 0.2) is 0 Å². The Kier molecular flexibility index (Phi) is 4.88. The molecule has 1 aromatic heterocycles. The number of aromatic nitrogens is 1. The fourth-order valence-corrected chi connectivity index (χ4v) is 2.54. The standard InChI is InChI=1S/C10H14F3N3O2S/c1-7(14-2)5-16-19(17,18)9-6-15-4-3-8(9)10(11,12)13/h3-4,6-7,14,16H,5H2,1-2H3. The summed E-state index contributed by atoms with van der Waals surface area (Å²) in [6.07, 6.45) is -3.16. The molecule has 1 unspecified atom stereocenters. The Hall–Kier alpha value is -1.19. The maximum atomic E-state index is 12.7. The zero-order valence-electron chi connectivity index (χ0n) is 10.3. The first kappa shape index (κ1) is 15.9. The van der Waals surface area contributed by atoms with E-state index < -0.39 is 26.7 Å². The average Bonchev–Trinajstić information content (AvgIpc) is 2.35. The monoisotopic (exact) mass is 297 g/mol. The van der Waals surface area contributed by atoms with Crippen molar-refractivity contribution < 1.29 is 21.6 Å². The number of halogens is 3. The minimum atomic E-state index is -4.75. The summed E-state index contributed by atoms with van der Waals surface area (Å²) < 4.78 is 63.9. The van der Waals surface area contributed by atoms with Crippen LogP contribution in [0.25, 0.3) is 0 Å². The maximum absolute atomic E-state index is 12.7. The molecule has 0 fully saturated rings. The van der Waals surface area contributed by atoms with Crippen LogP contribution in [0.15, 0.2) is 23.4 Å². The summed E-state index contributed by atoms with van der Waals surface area (Å²) in [5.74, 6) is 0. The highest BCUT2D eigenvalue weighted by Crippen LogP contribution is 2.33. The maximum Gasteiger partial charge on any atom is 0.417 e. The first-order valence-corrected chi connectivity index (χ1v) is 6.85. The molecule has 0 aliphatic heterocycles. The molecule has 0 bridgehead atoms. The van der Waals surface area contributed by atoms with Crippen LogP contribution < -0.4 is 10.0 Å². The number of pyridine rings is 1. The number of hydrogen-bond donors (Lipinski definition) is 2. The highest BCUT2D eigenvalue weighted by Gasteiger charge is 2.37. The Labute approximate surface area is 109 Å². The normalized spacial score (nSPS) is 14.4. The zero-order chi connectivity index (χ0) is 14.7. The van der Waals surface area contributed by atoms with E-state index in [1.54, 1.807) is 14.0 Å². The van der Waals surface area contributed by atoms with E-state index in [2.05, 4.69) is 15.0 Å². The Bertz CT molecular complexity index is 531. The zero-order valence-corrected chi connectivity index (χ0v) is 11.1. The lowest BCUT2D eigenvalue weighted by atomic mass is 10.3. The number of nitrogens with one attached hydrogen (secondary N) is 2. The van der Waals surface area contributed by atoms with Crippen molar-refractivity contribution in [3.63, 3.8) is 0 Å². The van der Waals surface area contributed by atoms with Crippen LogP contribution in [0.3, 0.4) is 0 Å². The Morgan fingerprint density at radius 3 is 2.58 bits per heavy atom. The molecule has 1 rings (SSSR count). The van der Waals surface area contributed by atoms with Gasteiger partial charge in [-0.1, -0.05) is 0 Å². The van der Waals surface area contributed by atoms with Crippen molar-refractivity contribution >= 4 is 10.0 Å². The second kappa shape index (κ2) is 5.85. The molecule has 0 spiro atoms. The molecule has 0 amide bonds. The number of likely N-dealkylation sites (N-methyl/N-ethyl adjacent to an activating group) is 1. The van der Waals surface area contributed by atoms with Gasteiger partial charge in [-0.15, -0.1) is 0 Å². The summed E-state index contributed by atoms with van der Waals surface area (Å²) in [5.41, 5.74) is -1.23. The lowest BCUT2D eigenvalue weighted by molar-refractivity contribution is -0.140. The molecule has 19 heavy (non-hydrogen) atoms. The molecule has 0 saturated heterocycles. The van der Waals surface area contributed by atoms with E-state index in [-0.39, 0.29) is 12.6 Å². The van der Waals surface area contributed by atoms with Gasteiger partial charge < -0.3 is 5.32 Å². The highest BCUT2D eigenvalue weighted by molar-refractivity contribution is 7.89. The Morgan fingerprint density at radius 1 is 1.42 bits per heavy atom. The highest BCUT2D eigenvalue weighted by atomic mass is 32.2. The second-order valence-corrected chi connectivity index (χ2v) is 5.65. The van der Waals surface area contributed by atoms with Gasteiger partial charge in [-0.05, 0) is 20.0 Å². The van der Waals surface area contributed by atoms with Gasteiger partial charge in [-0.2, -0.15) is 13.2 Å². The SMILES string of the molecule is CNC(C)CNS(=O)(=O)c1cnccc1C(F)(F)F. The summed E-state index contributed by atoms with van der Waals surface area (Å²) in [6, 6.07) is 0.427. The number of nitrogens with zero attached hydrogens (tertiary/aromatic N) is 1. The lowest BCUT2D eigenvalue weighted by Crippen LogP contribution is -2.37. The third kappa shape index (κ3) is 4.15. The molecule has 1 aromatic rings. The van der Waals surface area contributed by atoms with E-state index in [1.807, 2.05) is 0 Å². The number of hydrogen-bond acceptors (Lipinski definition) is 4. The summed E-state index contributed by atoms with van der Waals surface area (Å²) in [6.45, 7) is 1.67. The largest absolute Gasteiger partial charge is 0.417 e.